The van der Waals surface area contributed by atoms with Gasteiger partial charge in [0.05, 0.1) is 11.3 Å². The molecule has 0 bridgehead atoms. The number of carbonyl (C=O) groups excluding carboxylic acids is 2. The van der Waals surface area contributed by atoms with E-state index in [2.05, 4.69) is 26.6 Å². The average molecular weight is 413 g/mol. The van der Waals surface area contributed by atoms with E-state index in [0.29, 0.717) is 16.8 Å². The van der Waals surface area contributed by atoms with Gasteiger partial charge in [-0.05, 0) is 50.1 Å². The topological polar surface area (TPSA) is 71.3 Å². The molecule has 4 rings (SSSR count). The summed E-state index contributed by atoms with van der Waals surface area (Å²) in [7, 11) is 0. The normalized spacial score (nSPS) is 13.6. The number of carbonyl (C=O) groups is 2. The minimum absolute atomic E-state index is 0.173. The summed E-state index contributed by atoms with van der Waals surface area (Å²) in [6.45, 7) is 1.85. The van der Waals surface area contributed by atoms with E-state index >= 15 is 0 Å². The van der Waals surface area contributed by atoms with Crippen molar-refractivity contribution in [2.24, 2.45) is 0 Å². The molecule has 0 unspecified atom stereocenters. The van der Waals surface area contributed by atoms with Crippen LogP contribution < -0.4 is 10.6 Å². The second kappa shape index (κ2) is 6.61. The molecule has 3 aromatic rings. The summed E-state index contributed by atoms with van der Waals surface area (Å²) in [6.07, 6.45) is 2.02. The van der Waals surface area contributed by atoms with Crippen molar-refractivity contribution in [3.63, 3.8) is 0 Å². The van der Waals surface area contributed by atoms with Crippen LogP contribution in [0.2, 0.25) is 0 Å². The number of halogens is 1. The van der Waals surface area contributed by atoms with Crippen molar-refractivity contribution in [1.82, 2.24) is 5.32 Å². The average Bonchev–Trinajstić information content (AvgIpc) is 3.38. The number of fused-ring (bicyclic) bond motifs is 1. The third kappa shape index (κ3) is 3.24. The Morgan fingerprint density at radius 2 is 1.88 bits per heavy atom. The number of hydrogen-bond acceptors (Lipinski definition) is 3. The van der Waals surface area contributed by atoms with Crippen molar-refractivity contribution in [3.05, 3.63) is 63.8 Å². The predicted octanol–water partition coefficient (Wildman–Crippen LogP) is 4.65. The van der Waals surface area contributed by atoms with Gasteiger partial charge in [-0.2, -0.15) is 0 Å². The fraction of sp³-hybridized carbons (Fsp3) is 0.200. The number of aryl methyl sites for hydroxylation is 1. The zero-order valence-corrected chi connectivity index (χ0v) is 15.7. The molecule has 1 saturated carbocycles. The molecule has 1 aromatic heterocycles. The van der Waals surface area contributed by atoms with Crippen LogP contribution in [-0.2, 0) is 0 Å². The van der Waals surface area contributed by atoms with E-state index in [0.717, 1.165) is 28.3 Å². The first kappa shape index (κ1) is 16.8. The van der Waals surface area contributed by atoms with Crippen LogP contribution in [0.1, 0.15) is 39.3 Å². The van der Waals surface area contributed by atoms with Gasteiger partial charge in [0.2, 0.25) is 0 Å². The Morgan fingerprint density at radius 1 is 1.12 bits per heavy atom. The number of hydrogen-bond donors (Lipinski definition) is 2. The third-order valence-corrected chi connectivity index (χ3v) is 4.93. The maximum atomic E-state index is 12.8. The van der Waals surface area contributed by atoms with E-state index in [4.69, 9.17) is 4.42 Å². The summed E-state index contributed by atoms with van der Waals surface area (Å²) in [5.41, 5.74) is 2.33. The molecule has 1 heterocycles. The van der Waals surface area contributed by atoms with Gasteiger partial charge in [0.25, 0.3) is 11.8 Å². The molecule has 0 spiro atoms. The van der Waals surface area contributed by atoms with E-state index in [-0.39, 0.29) is 23.6 Å². The zero-order valence-electron chi connectivity index (χ0n) is 14.1. The van der Waals surface area contributed by atoms with Gasteiger partial charge in [-0.1, -0.05) is 28.1 Å². The van der Waals surface area contributed by atoms with Gasteiger partial charge in [-0.15, -0.1) is 0 Å². The van der Waals surface area contributed by atoms with E-state index in [1.165, 1.54) is 0 Å². The van der Waals surface area contributed by atoms with Crippen LogP contribution in [0.15, 0.2) is 51.4 Å². The molecule has 0 aliphatic heterocycles. The van der Waals surface area contributed by atoms with Gasteiger partial charge in [0.1, 0.15) is 5.58 Å². The molecule has 0 radical (unpaired) electrons. The minimum Gasteiger partial charge on any atom is -0.451 e. The fourth-order valence-electron chi connectivity index (χ4n) is 2.87. The maximum Gasteiger partial charge on any atom is 0.291 e. The molecule has 1 fully saturated rings. The van der Waals surface area contributed by atoms with Crippen LogP contribution in [-0.4, -0.2) is 17.9 Å². The summed E-state index contributed by atoms with van der Waals surface area (Å²) in [6, 6.07) is 12.8. The molecule has 0 atom stereocenters. The minimum atomic E-state index is -0.374. The number of nitrogens with one attached hydrogen (secondary N) is 2. The van der Waals surface area contributed by atoms with Crippen LogP contribution >= 0.6 is 15.9 Å². The lowest BCUT2D eigenvalue weighted by Crippen LogP contribution is -2.27. The van der Waals surface area contributed by atoms with E-state index < -0.39 is 0 Å². The Morgan fingerprint density at radius 3 is 2.65 bits per heavy atom. The molecule has 6 heteroatoms. The number of benzene rings is 2. The number of anilines is 1. The molecule has 26 heavy (non-hydrogen) atoms. The van der Waals surface area contributed by atoms with Gasteiger partial charge < -0.3 is 15.1 Å². The Balaban J connectivity index is 1.62. The van der Waals surface area contributed by atoms with Crippen LogP contribution in [0.5, 0.6) is 0 Å². The van der Waals surface area contributed by atoms with E-state index in [9.17, 15) is 9.59 Å². The van der Waals surface area contributed by atoms with Gasteiger partial charge in [-0.3, -0.25) is 9.59 Å². The molecule has 2 N–H and O–H groups in total. The van der Waals surface area contributed by atoms with E-state index in [1.807, 2.05) is 25.1 Å². The van der Waals surface area contributed by atoms with Crippen molar-refractivity contribution in [2.75, 3.05) is 5.32 Å². The molecular weight excluding hydrogens is 396 g/mol. The smallest absolute Gasteiger partial charge is 0.291 e. The van der Waals surface area contributed by atoms with Crippen LogP contribution in [0, 0.1) is 6.92 Å². The molecule has 2 amide bonds. The molecular formula is C20H17BrN2O3. The Hall–Kier alpha value is -2.60. The SMILES string of the molecule is Cc1c(C(=O)Nc2ccccc2C(=O)NC2CC2)oc2ccc(Br)cc12. The number of amides is 2. The molecule has 2 aromatic carbocycles. The summed E-state index contributed by atoms with van der Waals surface area (Å²) in [5, 5.41) is 6.64. The highest BCUT2D eigenvalue weighted by Gasteiger charge is 2.25. The van der Waals surface area contributed by atoms with Crippen molar-refractivity contribution < 1.29 is 14.0 Å². The lowest BCUT2D eigenvalue weighted by atomic mass is 10.1. The highest BCUT2D eigenvalue weighted by atomic mass is 79.9. The highest BCUT2D eigenvalue weighted by molar-refractivity contribution is 9.10. The number of rotatable bonds is 4. The monoisotopic (exact) mass is 412 g/mol. The second-order valence-corrected chi connectivity index (χ2v) is 7.36. The fourth-order valence-corrected chi connectivity index (χ4v) is 3.23. The molecule has 132 valence electrons. The third-order valence-electron chi connectivity index (χ3n) is 4.44. The lowest BCUT2D eigenvalue weighted by molar-refractivity contribution is 0.0952. The highest BCUT2D eigenvalue weighted by Crippen LogP contribution is 2.29. The predicted molar refractivity (Wildman–Crippen MR) is 104 cm³/mol. The quantitative estimate of drug-likeness (QED) is 0.654. The maximum absolute atomic E-state index is 12.8. The second-order valence-electron chi connectivity index (χ2n) is 6.44. The number of furan rings is 1. The first-order valence-corrected chi connectivity index (χ1v) is 9.22. The summed E-state index contributed by atoms with van der Waals surface area (Å²) in [4.78, 5) is 25.1. The first-order chi connectivity index (χ1) is 12.5. The van der Waals surface area contributed by atoms with Crippen molar-refractivity contribution in [3.8, 4) is 0 Å². The van der Waals surface area contributed by atoms with Crippen LogP contribution in [0.25, 0.3) is 11.0 Å². The lowest BCUT2D eigenvalue weighted by Gasteiger charge is -2.10. The van der Waals surface area contributed by atoms with Gasteiger partial charge in [-0.25, -0.2) is 0 Å². The summed E-state index contributed by atoms with van der Waals surface area (Å²) < 4.78 is 6.65. The van der Waals surface area contributed by atoms with Gasteiger partial charge >= 0.3 is 0 Å². The van der Waals surface area contributed by atoms with Gasteiger partial charge in [0, 0.05) is 21.5 Å². The summed E-state index contributed by atoms with van der Waals surface area (Å²) in [5.74, 6) is -0.300. The van der Waals surface area contributed by atoms with Crippen LogP contribution in [0.4, 0.5) is 5.69 Å². The van der Waals surface area contributed by atoms with Gasteiger partial charge in [0.15, 0.2) is 5.76 Å². The molecule has 0 saturated heterocycles. The van der Waals surface area contributed by atoms with Crippen molar-refractivity contribution in [1.29, 1.82) is 0 Å². The van der Waals surface area contributed by atoms with Crippen molar-refractivity contribution >= 4 is 44.4 Å². The largest absolute Gasteiger partial charge is 0.451 e. The molecule has 1 aliphatic carbocycles. The Bertz CT molecular complexity index is 1020. The summed E-state index contributed by atoms with van der Waals surface area (Å²) >= 11 is 3.43. The first-order valence-electron chi connectivity index (χ1n) is 8.43. The Labute approximate surface area is 158 Å². The number of para-hydroxylation sites is 1. The molecule has 5 nitrogen and oxygen atoms in total. The van der Waals surface area contributed by atoms with Crippen LogP contribution in [0.3, 0.4) is 0 Å². The Kier molecular flexibility index (Phi) is 4.28. The standard InChI is InChI=1S/C20H17BrN2O3/c1-11-15-10-12(21)6-9-17(15)26-18(11)20(25)23-16-5-3-2-4-14(16)19(24)22-13-7-8-13/h2-6,9-10,13H,7-8H2,1H3,(H,22,24)(H,23,25). The van der Waals surface area contributed by atoms with Crippen molar-refractivity contribution in [2.45, 2.75) is 25.8 Å². The zero-order chi connectivity index (χ0) is 18.3. The van der Waals surface area contributed by atoms with E-state index in [1.54, 1.807) is 24.3 Å². The molecule has 1 aliphatic rings.